The number of hydrogen-bond donors (Lipinski definition) is 1. The minimum Gasteiger partial charge on any atom is -0.357 e. The zero-order valence-electron chi connectivity index (χ0n) is 39.2. The minimum absolute atomic E-state index is 0.536. The van der Waals surface area contributed by atoms with Crippen LogP contribution in [-0.4, -0.2) is 10.3 Å². The van der Waals surface area contributed by atoms with Crippen molar-refractivity contribution in [3.8, 4) is 55.6 Å². The first kappa shape index (κ1) is 46.4. The average molecular weight is 859 g/mol. The van der Waals surface area contributed by atoms with Crippen LogP contribution in [0.3, 0.4) is 0 Å². The van der Waals surface area contributed by atoms with E-state index < -0.39 is 0 Å². The van der Waals surface area contributed by atoms with Crippen molar-refractivity contribution in [3.63, 3.8) is 0 Å². The first-order valence-electron chi connectivity index (χ1n) is 23.3. The van der Waals surface area contributed by atoms with Crippen LogP contribution in [0.2, 0.25) is 0 Å². The summed E-state index contributed by atoms with van der Waals surface area (Å²) >= 11 is 0. The van der Waals surface area contributed by atoms with Crippen LogP contribution in [0.4, 0.5) is 0 Å². The average Bonchev–Trinajstić information content (AvgIpc) is 3.85. The molecule has 2 aliphatic rings. The van der Waals surface area contributed by atoms with Crippen molar-refractivity contribution in [1.82, 2.24) is 4.57 Å². The van der Waals surface area contributed by atoms with Gasteiger partial charge in [-0.15, -0.1) is 0 Å². The monoisotopic (exact) mass is 858 g/mol. The highest BCUT2D eigenvalue weighted by Gasteiger charge is 2.13. The summed E-state index contributed by atoms with van der Waals surface area (Å²) in [6.07, 6.45) is 21.8. The van der Waals surface area contributed by atoms with Crippen LogP contribution >= 0.6 is 0 Å². The maximum atomic E-state index is 8.29. The highest BCUT2D eigenvalue weighted by molar-refractivity contribution is 5.96. The van der Waals surface area contributed by atoms with E-state index in [4.69, 9.17) is 5.41 Å². The Morgan fingerprint density at radius 1 is 0.515 bits per heavy atom. The number of hydrogen-bond acceptors (Lipinski definition) is 1. The number of nitrogens with one attached hydrogen (secondary N) is 1. The van der Waals surface area contributed by atoms with Crippen LogP contribution in [0.15, 0.2) is 242 Å². The van der Waals surface area contributed by atoms with Gasteiger partial charge in [-0.2, -0.15) is 0 Å². The Bertz CT molecular complexity index is 2900. The maximum absolute atomic E-state index is 8.29. The van der Waals surface area contributed by atoms with E-state index in [1.165, 1.54) is 83.5 Å². The first-order valence-corrected chi connectivity index (χ1v) is 23.3. The third-order valence-corrected chi connectivity index (χ3v) is 12.0. The molecule has 7 aromatic carbocycles. The van der Waals surface area contributed by atoms with Crippen LogP contribution < -0.4 is 0 Å². The molecule has 1 atom stereocenters. The van der Waals surface area contributed by atoms with Crippen molar-refractivity contribution >= 4 is 5.71 Å². The molecule has 2 nitrogen and oxygen atoms in total. The van der Waals surface area contributed by atoms with Crippen LogP contribution in [0.25, 0.3) is 55.6 Å². The lowest BCUT2D eigenvalue weighted by Gasteiger charge is -2.15. The molecular weight excluding hydrogens is 797 g/mol. The molecule has 1 aromatic heterocycles. The second-order valence-corrected chi connectivity index (χ2v) is 16.7. The van der Waals surface area contributed by atoms with E-state index in [1.807, 2.05) is 45.2 Å². The normalized spacial score (nSPS) is 14.7. The summed E-state index contributed by atoms with van der Waals surface area (Å²) in [5.74, 6) is 0.536. The highest BCUT2D eigenvalue weighted by atomic mass is 14.9. The third-order valence-electron chi connectivity index (χ3n) is 12.0. The van der Waals surface area contributed by atoms with Gasteiger partial charge < -0.3 is 9.98 Å². The summed E-state index contributed by atoms with van der Waals surface area (Å²) in [6.45, 7) is 8.27. The molecule has 0 bridgehead atoms. The summed E-state index contributed by atoms with van der Waals surface area (Å²) in [4.78, 5) is 0. The van der Waals surface area contributed by atoms with Crippen molar-refractivity contribution in [2.75, 3.05) is 0 Å². The molecule has 0 spiro atoms. The van der Waals surface area contributed by atoms with Crippen LogP contribution in [0.5, 0.6) is 0 Å². The second kappa shape index (κ2) is 23.4. The molecule has 0 amide bonds. The van der Waals surface area contributed by atoms with E-state index in [-0.39, 0.29) is 0 Å². The quantitative estimate of drug-likeness (QED) is 0.173. The number of nitrogens with zero attached hydrogens (tertiary/aromatic N) is 1. The summed E-state index contributed by atoms with van der Waals surface area (Å²) in [5.41, 5.74) is 19.8. The molecule has 0 radical (unpaired) electrons. The lowest BCUT2D eigenvalue weighted by atomic mass is 9.89. The van der Waals surface area contributed by atoms with Crippen molar-refractivity contribution < 1.29 is 0 Å². The Kier molecular flexibility index (Phi) is 16.5. The van der Waals surface area contributed by atoms with Crippen LogP contribution in [-0.2, 0) is 19.9 Å². The molecule has 0 aliphatic heterocycles. The predicted molar refractivity (Wildman–Crippen MR) is 285 cm³/mol. The highest BCUT2D eigenvalue weighted by Crippen LogP contribution is 2.33. The number of aryl methyl sites for hydroxylation is 2. The van der Waals surface area contributed by atoms with Gasteiger partial charge in [0.2, 0.25) is 0 Å². The number of allylic oxidation sites excluding steroid dienone is 8. The second-order valence-electron chi connectivity index (χ2n) is 16.7. The molecule has 0 saturated carbocycles. The molecular formula is C64H62N2. The Labute approximate surface area is 394 Å². The molecule has 1 N–H and O–H groups in total. The van der Waals surface area contributed by atoms with Gasteiger partial charge in [0.05, 0.1) is 0 Å². The number of benzene rings is 7. The lowest BCUT2D eigenvalue weighted by Crippen LogP contribution is -2.03. The topological polar surface area (TPSA) is 28.8 Å². The van der Waals surface area contributed by atoms with E-state index in [1.54, 1.807) is 0 Å². The van der Waals surface area contributed by atoms with Gasteiger partial charge in [-0.05, 0) is 117 Å². The van der Waals surface area contributed by atoms with Gasteiger partial charge in [0.1, 0.15) is 0 Å². The largest absolute Gasteiger partial charge is 0.357 e. The summed E-state index contributed by atoms with van der Waals surface area (Å²) in [7, 11) is 2.04. The summed E-state index contributed by atoms with van der Waals surface area (Å²) in [5, 5.41) is 8.29. The molecule has 8 aromatic rings. The Hall–Kier alpha value is -7.55. The standard InChI is InChI=1S/C26H23N.C19H18.C17H15N.C2H6/c1-19-13-15-20(16-14-19)22-9-5-10-23(17-22)25-12-6-8-21-7-3-2-4-11-24(27)18-26(21)25;1-15-7-9-17(10-8-15)19-13-11-18(12-14-19)16-5-3-2-4-6-16;1-18-12-11-17(13-18)16-9-7-15(8-10-16)14-5-3-2-4-6-14;1-2/h2-6,8-17,27H,7,18H2,1H3;2-9,11-14,17H,10H2,1H3;2-13H,1H3;1-2H3/b3-2-,11-4-,27-24?;;;. The minimum atomic E-state index is 0.536. The SMILES string of the molecule is CC.CC1=CCC(c2ccc(-c3ccccc3)cc2)C=C1.Cc1ccc(-c2cccc(-c3cccc4c3CC(=N)/C=C\C=C/C4)c2)cc1.Cn1ccc(-c2ccc(-c3ccccc3)cc2)c1. The van der Waals surface area contributed by atoms with Crippen molar-refractivity contribution in [3.05, 3.63) is 265 Å². The number of fused-ring (bicyclic) bond motifs is 1. The Morgan fingerprint density at radius 2 is 1.06 bits per heavy atom. The number of rotatable bonds is 6. The van der Waals surface area contributed by atoms with Crippen molar-refractivity contribution in [2.45, 2.75) is 52.9 Å². The van der Waals surface area contributed by atoms with E-state index in [9.17, 15) is 0 Å². The fourth-order valence-corrected chi connectivity index (χ4v) is 8.30. The van der Waals surface area contributed by atoms with Crippen molar-refractivity contribution in [1.29, 1.82) is 5.41 Å². The van der Waals surface area contributed by atoms with E-state index in [0.717, 1.165) is 12.8 Å². The van der Waals surface area contributed by atoms with Crippen LogP contribution in [0, 0.1) is 12.3 Å². The molecule has 0 saturated heterocycles. The van der Waals surface area contributed by atoms with Gasteiger partial charge in [0.15, 0.2) is 0 Å². The Morgan fingerprint density at radius 3 is 1.67 bits per heavy atom. The predicted octanol–water partition coefficient (Wildman–Crippen LogP) is 17.3. The maximum Gasteiger partial charge on any atom is 0.0358 e. The van der Waals surface area contributed by atoms with Gasteiger partial charge in [-0.1, -0.05) is 231 Å². The summed E-state index contributed by atoms with van der Waals surface area (Å²) < 4.78 is 2.07. The van der Waals surface area contributed by atoms with Gasteiger partial charge in [-0.25, -0.2) is 0 Å². The van der Waals surface area contributed by atoms with Gasteiger partial charge >= 0.3 is 0 Å². The molecule has 0 fully saturated rings. The van der Waals surface area contributed by atoms with Crippen molar-refractivity contribution in [2.24, 2.45) is 7.05 Å². The van der Waals surface area contributed by atoms with E-state index in [2.05, 4.69) is 231 Å². The smallest absolute Gasteiger partial charge is 0.0358 e. The molecule has 1 unspecified atom stereocenters. The van der Waals surface area contributed by atoms with Gasteiger partial charge in [-0.3, -0.25) is 0 Å². The van der Waals surface area contributed by atoms with Crippen LogP contribution in [0.1, 0.15) is 55.4 Å². The zero-order chi connectivity index (χ0) is 46.1. The molecule has 10 rings (SSSR count). The molecule has 66 heavy (non-hydrogen) atoms. The lowest BCUT2D eigenvalue weighted by molar-refractivity contribution is 0.845. The van der Waals surface area contributed by atoms with E-state index in [0.29, 0.717) is 18.1 Å². The van der Waals surface area contributed by atoms with E-state index >= 15 is 0 Å². The fourth-order valence-electron chi connectivity index (χ4n) is 8.30. The first-order chi connectivity index (χ1) is 32.4. The molecule has 2 heteroatoms. The zero-order valence-corrected chi connectivity index (χ0v) is 39.2. The molecule has 2 aliphatic carbocycles. The Balaban J connectivity index is 0.000000148. The van der Waals surface area contributed by atoms with Gasteiger partial charge in [0.25, 0.3) is 0 Å². The summed E-state index contributed by atoms with van der Waals surface area (Å²) in [6, 6.07) is 64.7. The number of aromatic nitrogens is 1. The third kappa shape index (κ3) is 12.6. The molecule has 1 heterocycles. The fraction of sp³-hybridized carbons (Fsp3) is 0.141. The van der Waals surface area contributed by atoms with Gasteiger partial charge in [0, 0.05) is 37.5 Å². The molecule has 328 valence electrons.